The van der Waals surface area contributed by atoms with E-state index in [-0.39, 0.29) is 5.82 Å². The molecule has 0 amide bonds. The van der Waals surface area contributed by atoms with Gasteiger partial charge < -0.3 is 5.73 Å². The molecule has 0 radical (unpaired) electrons. The number of nitrogens with two attached hydrogens (primary N) is 1. The van der Waals surface area contributed by atoms with Crippen molar-refractivity contribution in [2.75, 3.05) is 5.73 Å². The topological polar surface area (TPSA) is 71.8 Å². The van der Waals surface area contributed by atoms with Gasteiger partial charge in [-0.3, -0.25) is 4.98 Å². The van der Waals surface area contributed by atoms with Gasteiger partial charge >= 0.3 is 5.69 Å². The lowest BCUT2D eigenvalue weighted by molar-refractivity contribution is 1.09. The normalized spacial score (nSPS) is 8.00. The van der Waals surface area contributed by atoms with Crippen LogP contribution < -0.4 is 11.4 Å². The monoisotopic (exact) mass is 109 g/mol. The first-order valence-corrected chi connectivity index (χ1v) is 1.94. The van der Waals surface area contributed by atoms with Crippen LogP contribution in [0.4, 0.5) is 5.82 Å². The Morgan fingerprint density at radius 1 is 1.75 bits per heavy atom. The van der Waals surface area contributed by atoms with Gasteiger partial charge in [-0.05, 0) is 6.07 Å². The molecule has 1 aromatic rings. The summed E-state index contributed by atoms with van der Waals surface area (Å²) in [6.07, 6.45) is 2.28. The molecule has 0 atom stereocenters. The first kappa shape index (κ1) is 4.65. The molecule has 1 rings (SSSR count). The molecule has 0 aliphatic heterocycles. The molecular weight excluding hydrogens is 106 g/mol. The first-order valence-electron chi connectivity index (χ1n) is 1.94. The lowest BCUT2D eigenvalue weighted by Crippen LogP contribution is -2.09. The van der Waals surface area contributed by atoms with E-state index in [1.807, 2.05) is 0 Å². The van der Waals surface area contributed by atoms with Crippen molar-refractivity contribution in [3.63, 3.8) is 0 Å². The fraction of sp³-hybridized carbons (Fsp3) is 0. The van der Waals surface area contributed by atoms with Gasteiger partial charge in [0.15, 0.2) is 5.82 Å². The fourth-order valence-corrected chi connectivity index (χ4v) is 0.314. The second-order valence-corrected chi connectivity index (χ2v) is 1.18. The zero-order valence-corrected chi connectivity index (χ0v) is 3.93. The van der Waals surface area contributed by atoms with Crippen molar-refractivity contribution >= 4 is 5.82 Å². The van der Waals surface area contributed by atoms with Crippen LogP contribution in [0, 0.1) is 12.3 Å². The highest BCUT2D eigenvalue weighted by Gasteiger charge is 1.79. The average Bonchev–Trinajstić information content (AvgIpc) is 1.64. The third kappa shape index (κ3) is 0.763. The van der Waals surface area contributed by atoms with Crippen LogP contribution in [0.25, 0.3) is 0 Å². The van der Waals surface area contributed by atoms with Crippen LogP contribution >= 0.6 is 0 Å². The fourth-order valence-electron chi connectivity index (χ4n) is 0.314. The summed E-state index contributed by atoms with van der Waals surface area (Å²) in [5, 5.41) is 0. The van der Waals surface area contributed by atoms with Crippen molar-refractivity contribution in [1.82, 2.24) is 9.97 Å². The summed E-state index contributed by atoms with van der Waals surface area (Å²) in [6.45, 7) is 0. The highest BCUT2D eigenvalue weighted by atomic mass is 16.1. The number of rotatable bonds is 0. The van der Waals surface area contributed by atoms with Gasteiger partial charge in [-0.15, -0.1) is 0 Å². The maximum absolute atomic E-state index is 10.2. The Balaban J connectivity index is 3.28. The number of nitrogen functional groups attached to an aromatic ring is 1. The summed E-state index contributed by atoms with van der Waals surface area (Å²) in [5.74, 6) is 0.0637. The molecule has 0 unspecified atom stereocenters. The Kier molecular flexibility index (Phi) is 0.897. The van der Waals surface area contributed by atoms with Crippen molar-refractivity contribution in [2.45, 2.75) is 0 Å². The minimum absolute atomic E-state index is 0.0637. The number of anilines is 1. The Hall–Kier alpha value is -1.50. The number of hydrogen-bond acceptors (Lipinski definition) is 3. The van der Waals surface area contributed by atoms with E-state index in [2.05, 4.69) is 22.2 Å². The number of nitrogens with zero attached hydrogens (tertiary/aromatic N) is 1. The van der Waals surface area contributed by atoms with Gasteiger partial charge in [-0.2, -0.15) is 4.98 Å². The van der Waals surface area contributed by atoms with Crippen LogP contribution in [-0.2, 0) is 0 Å². The standard InChI is InChI=1S/C4H3N3O/c5-3-1-2-6-4(8)7-3/h(H3,5,6,7,8). The van der Waals surface area contributed by atoms with Crippen LogP contribution in [0.3, 0.4) is 0 Å². The Morgan fingerprint density at radius 2 is 2.50 bits per heavy atom. The molecule has 0 bridgehead atoms. The molecule has 0 saturated heterocycles. The predicted octanol–water partition coefficient (Wildman–Crippen LogP) is -1.05. The number of aromatic nitrogens is 2. The second-order valence-electron chi connectivity index (χ2n) is 1.18. The molecule has 0 aliphatic carbocycles. The zero-order chi connectivity index (χ0) is 5.98. The van der Waals surface area contributed by atoms with E-state index in [0.717, 1.165) is 0 Å². The predicted molar refractivity (Wildman–Crippen MR) is 26.9 cm³/mol. The van der Waals surface area contributed by atoms with Crippen molar-refractivity contribution in [1.29, 1.82) is 0 Å². The zero-order valence-electron chi connectivity index (χ0n) is 3.93. The van der Waals surface area contributed by atoms with Gasteiger partial charge in [0.05, 0.1) is 0 Å². The van der Waals surface area contributed by atoms with E-state index in [4.69, 9.17) is 5.73 Å². The molecule has 1 aromatic heterocycles. The molecule has 0 fully saturated rings. The Labute approximate surface area is 45.4 Å². The van der Waals surface area contributed by atoms with Crippen LogP contribution in [0.2, 0.25) is 0 Å². The van der Waals surface area contributed by atoms with Crippen LogP contribution in [0.15, 0.2) is 4.79 Å². The average molecular weight is 109 g/mol. The molecule has 0 aromatic carbocycles. The molecule has 1 heterocycles. The minimum atomic E-state index is -0.499. The van der Waals surface area contributed by atoms with Crippen molar-refractivity contribution < 1.29 is 0 Å². The first-order chi connectivity index (χ1) is 3.79. The van der Waals surface area contributed by atoms with Gasteiger partial charge in [0.1, 0.15) is 0 Å². The van der Waals surface area contributed by atoms with Crippen LogP contribution in [-0.4, -0.2) is 9.97 Å². The van der Waals surface area contributed by atoms with Gasteiger partial charge in [-0.25, -0.2) is 4.79 Å². The van der Waals surface area contributed by atoms with Crippen LogP contribution in [0.5, 0.6) is 0 Å². The van der Waals surface area contributed by atoms with Crippen molar-refractivity contribution in [3.8, 4) is 0 Å². The maximum Gasteiger partial charge on any atom is 0.355 e. The van der Waals surface area contributed by atoms with Crippen molar-refractivity contribution in [2.24, 2.45) is 0 Å². The van der Waals surface area contributed by atoms with E-state index in [9.17, 15) is 4.79 Å². The van der Waals surface area contributed by atoms with Crippen molar-refractivity contribution in [3.05, 3.63) is 22.7 Å². The minimum Gasteiger partial charge on any atom is -0.376 e. The number of nitrogens with one attached hydrogen (secondary N) is 1. The molecule has 3 N–H and O–H groups in total. The third-order valence-electron chi connectivity index (χ3n) is 0.582. The summed E-state index contributed by atoms with van der Waals surface area (Å²) in [6, 6.07) is 2.36. The highest BCUT2D eigenvalue weighted by molar-refractivity contribution is 5.16. The van der Waals surface area contributed by atoms with Gasteiger partial charge in [0, 0.05) is 6.20 Å². The third-order valence-corrected chi connectivity index (χ3v) is 0.582. The van der Waals surface area contributed by atoms with Gasteiger partial charge in [0.25, 0.3) is 0 Å². The summed E-state index contributed by atoms with van der Waals surface area (Å²) < 4.78 is 0. The molecule has 0 spiro atoms. The summed E-state index contributed by atoms with van der Waals surface area (Å²) in [5.41, 5.74) is 4.54. The Morgan fingerprint density at radius 3 is 2.88 bits per heavy atom. The quantitative estimate of drug-likeness (QED) is 0.446. The van der Waals surface area contributed by atoms with E-state index < -0.39 is 5.69 Å². The highest BCUT2D eigenvalue weighted by Crippen LogP contribution is 1.74. The summed E-state index contributed by atoms with van der Waals surface area (Å²) in [4.78, 5) is 15.6. The Bertz CT molecular complexity index is 229. The van der Waals surface area contributed by atoms with E-state index >= 15 is 0 Å². The largest absolute Gasteiger partial charge is 0.376 e. The van der Waals surface area contributed by atoms with E-state index in [0.29, 0.717) is 0 Å². The SMILES string of the molecule is Nc1c#c[nH]c(=O)n1. The summed E-state index contributed by atoms with van der Waals surface area (Å²) >= 11 is 0. The molecule has 0 saturated carbocycles. The molecule has 40 valence electrons. The van der Waals surface area contributed by atoms with Crippen LogP contribution in [0.1, 0.15) is 0 Å². The lowest BCUT2D eigenvalue weighted by atomic mass is 10.7. The van der Waals surface area contributed by atoms with Gasteiger partial charge in [0.2, 0.25) is 0 Å². The molecule has 0 aliphatic rings. The summed E-state index contributed by atoms with van der Waals surface area (Å²) in [7, 11) is 0. The number of H-pyrrole nitrogens is 1. The van der Waals surface area contributed by atoms with E-state index in [1.54, 1.807) is 0 Å². The lowest BCUT2D eigenvalue weighted by Gasteiger charge is -1.76. The molecular formula is C4H3N3O. The smallest absolute Gasteiger partial charge is 0.355 e. The molecule has 4 nitrogen and oxygen atoms in total. The maximum atomic E-state index is 10.2. The van der Waals surface area contributed by atoms with E-state index in [1.165, 1.54) is 0 Å². The molecule has 8 heavy (non-hydrogen) atoms. The second kappa shape index (κ2) is 1.54. The molecule has 4 heteroatoms. The number of aromatic amines is 1. The number of hydrogen-bond donors (Lipinski definition) is 2. The van der Waals surface area contributed by atoms with Gasteiger partial charge in [-0.1, -0.05) is 0 Å².